The minimum absolute atomic E-state index is 0.0465. The lowest BCUT2D eigenvalue weighted by Crippen LogP contribution is -2.45. The topological polar surface area (TPSA) is 83.8 Å². The van der Waals surface area contributed by atoms with Crippen molar-refractivity contribution >= 4 is 28.4 Å². The van der Waals surface area contributed by atoms with Gasteiger partial charge >= 0.3 is 0 Å². The Morgan fingerprint density at radius 2 is 1.91 bits per heavy atom. The van der Waals surface area contributed by atoms with Gasteiger partial charge in [-0.1, -0.05) is 35.6 Å². The van der Waals surface area contributed by atoms with E-state index in [1.807, 2.05) is 27.9 Å². The number of pyridine rings is 1. The number of halogens is 1. The number of fused-ring (bicyclic) bond motifs is 1. The second-order valence-electron chi connectivity index (χ2n) is 7.28. The second-order valence-corrected chi connectivity index (χ2v) is 7.72. The molecule has 1 aliphatic heterocycles. The maximum Gasteiger partial charge on any atom is 0.257 e. The molecule has 164 valence electrons. The number of carbonyl (C=O) groups excluding carboxylic acids is 1. The first kappa shape index (κ1) is 21.9. The number of hydrogen-bond donors (Lipinski definition) is 2. The molecule has 0 saturated carbocycles. The van der Waals surface area contributed by atoms with Crippen molar-refractivity contribution in [3.63, 3.8) is 0 Å². The Labute approximate surface area is 190 Å². The zero-order chi connectivity index (χ0) is 22.5. The molecule has 32 heavy (non-hydrogen) atoms. The van der Waals surface area contributed by atoms with Crippen molar-refractivity contribution in [1.82, 2.24) is 9.99 Å². The summed E-state index contributed by atoms with van der Waals surface area (Å²) in [5.41, 5.74) is 1.83. The van der Waals surface area contributed by atoms with Crippen LogP contribution in [0, 0.1) is 11.8 Å². The summed E-state index contributed by atoms with van der Waals surface area (Å²) >= 11 is 5.91. The molecule has 3 aromatic rings. The van der Waals surface area contributed by atoms with Crippen LogP contribution in [0.3, 0.4) is 0 Å². The Balaban J connectivity index is 1.74. The fraction of sp³-hybridized carbons (Fsp3) is 0.250. The number of amides is 1. The molecule has 0 radical (unpaired) electrons. The lowest BCUT2D eigenvalue weighted by Gasteiger charge is -2.32. The van der Waals surface area contributed by atoms with Crippen molar-refractivity contribution in [2.45, 2.75) is 6.54 Å². The molecule has 0 bridgehead atoms. The Hall–Kier alpha value is -3.31. The van der Waals surface area contributed by atoms with Gasteiger partial charge in [0.15, 0.2) is 0 Å². The third-order valence-corrected chi connectivity index (χ3v) is 5.45. The van der Waals surface area contributed by atoms with E-state index in [1.54, 1.807) is 30.5 Å². The van der Waals surface area contributed by atoms with Gasteiger partial charge < -0.3 is 20.2 Å². The maximum atomic E-state index is 13.3. The molecular formula is C24H22ClN3O4. The Bertz CT molecular complexity index is 1250. The zero-order valence-corrected chi connectivity index (χ0v) is 18.1. The molecule has 1 saturated heterocycles. The molecule has 0 spiro atoms. The summed E-state index contributed by atoms with van der Waals surface area (Å²) in [6.07, 6.45) is 1.59. The summed E-state index contributed by atoms with van der Waals surface area (Å²) in [6, 6.07) is 12.4. The van der Waals surface area contributed by atoms with Gasteiger partial charge in [0.2, 0.25) is 5.43 Å². The molecule has 8 heteroatoms. The highest BCUT2D eigenvalue weighted by Crippen LogP contribution is 2.16. The van der Waals surface area contributed by atoms with Crippen LogP contribution in [-0.4, -0.2) is 48.6 Å². The molecule has 0 unspecified atom stereocenters. The predicted molar refractivity (Wildman–Crippen MR) is 124 cm³/mol. The van der Waals surface area contributed by atoms with E-state index < -0.39 is 5.91 Å². The van der Waals surface area contributed by atoms with Crippen molar-refractivity contribution in [2.75, 3.05) is 37.9 Å². The van der Waals surface area contributed by atoms with Gasteiger partial charge in [0, 0.05) is 28.7 Å². The monoisotopic (exact) mass is 451 g/mol. The van der Waals surface area contributed by atoms with Crippen LogP contribution in [0.4, 0.5) is 0 Å². The van der Waals surface area contributed by atoms with Crippen LogP contribution in [-0.2, 0) is 11.3 Å². The van der Waals surface area contributed by atoms with Crippen molar-refractivity contribution in [1.29, 1.82) is 0 Å². The van der Waals surface area contributed by atoms with Crippen LogP contribution in [0.25, 0.3) is 10.9 Å². The van der Waals surface area contributed by atoms with Crippen LogP contribution >= 0.6 is 11.6 Å². The van der Waals surface area contributed by atoms with Gasteiger partial charge in [-0.2, -0.15) is 0 Å². The number of carbonyl (C=O) groups is 1. The summed E-state index contributed by atoms with van der Waals surface area (Å²) in [4.78, 5) is 26.2. The molecule has 2 heterocycles. The molecule has 1 aliphatic rings. The molecule has 0 atom stereocenters. The van der Waals surface area contributed by atoms with Gasteiger partial charge in [-0.25, -0.2) is 0 Å². The lowest BCUT2D eigenvalue weighted by molar-refractivity contribution is 0.0948. The van der Waals surface area contributed by atoms with Gasteiger partial charge in [-0.3, -0.25) is 14.3 Å². The Morgan fingerprint density at radius 1 is 1.16 bits per heavy atom. The van der Waals surface area contributed by atoms with Gasteiger partial charge in [-0.15, -0.1) is 0 Å². The van der Waals surface area contributed by atoms with Gasteiger partial charge in [-0.05, 0) is 35.9 Å². The smallest absolute Gasteiger partial charge is 0.257 e. The molecule has 1 aromatic heterocycles. The van der Waals surface area contributed by atoms with Crippen LogP contribution in [0.5, 0.6) is 0 Å². The molecule has 4 rings (SSSR count). The van der Waals surface area contributed by atoms with Crippen molar-refractivity contribution < 1.29 is 14.6 Å². The van der Waals surface area contributed by atoms with Crippen molar-refractivity contribution in [2.24, 2.45) is 0 Å². The van der Waals surface area contributed by atoms with Crippen LogP contribution < -0.4 is 15.8 Å². The number of aliphatic hydroxyl groups is 1. The molecular weight excluding hydrogens is 430 g/mol. The number of aliphatic hydroxyl groups excluding tert-OH is 1. The van der Waals surface area contributed by atoms with E-state index in [4.69, 9.17) is 21.4 Å². The molecule has 7 nitrogen and oxygen atoms in total. The highest BCUT2D eigenvalue weighted by Gasteiger charge is 2.19. The largest absolute Gasteiger partial charge is 0.384 e. The fourth-order valence-corrected chi connectivity index (χ4v) is 3.70. The van der Waals surface area contributed by atoms with E-state index in [0.29, 0.717) is 47.8 Å². The van der Waals surface area contributed by atoms with E-state index >= 15 is 0 Å². The molecule has 0 aliphatic carbocycles. The highest BCUT2D eigenvalue weighted by molar-refractivity contribution is 6.30. The number of benzene rings is 2. The standard InChI is InChI=1S/C24H22ClN3O4/c25-19-6-3-18(4-7-19)15-26-24(31)21-16-28(27-9-12-32-13-10-27)22-8-5-17(2-1-11-29)14-20(22)23(21)30/h3-8,14,16,29H,9-13,15H2,(H,26,31). The number of aromatic nitrogens is 1. The molecule has 1 fully saturated rings. The minimum Gasteiger partial charge on any atom is -0.384 e. The minimum atomic E-state index is -0.458. The first-order valence-electron chi connectivity index (χ1n) is 10.2. The number of rotatable bonds is 4. The van der Waals surface area contributed by atoms with Crippen molar-refractivity contribution in [3.05, 3.63) is 80.6 Å². The highest BCUT2D eigenvalue weighted by atomic mass is 35.5. The average molecular weight is 452 g/mol. The maximum absolute atomic E-state index is 13.3. The third-order valence-electron chi connectivity index (χ3n) is 5.20. The molecule has 2 aromatic carbocycles. The zero-order valence-electron chi connectivity index (χ0n) is 17.3. The fourth-order valence-electron chi connectivity index (χ4n) is 3.58. The quantitative estimate of drug-likeness (QED) is 0.592. The van der Waals surface area contributed by atoms with Crippen LogP contribution in [0.2, 0.25) is 5.02 Å². The number of ether oxygens (including phenoxy) is 1. The van der Waals surface area contributed by atoms with E-state index in [-0.39, 0.29) is 24.1 Å². The third kappa shape index (κ3) is 4.78. The predicted octanol–water partition coefficient (Wildman–Crippen LogP) is 1.90. The summed E-state index contributed by atoms with van der Waals surface area (Å²) in [6.45, 7) is 2.39. The van der Waals surface area contributed by atoms with E-state index in [1.165, 1.54) is 0 Å². The molecule has 2 N–H and O–H groups in total. The van der Waals surface area contributed by atoms with Crippen LogP contribution in [0.15, 0.2) is 53.5 Å². The van der Waals surface area contributed by atoms with Crippen molar-refractivity contribution in [3.8, 4) is 11.8 Å². The Morgan fingerprint density at radius 3 is 2.62 bits per heavy atom. The van der Waals surface area contributed by atoms with Gasteiger partial charge in [0.05, 0.1) is 31.8 Å². The lowest BCUT2D eigenvalue weighted by atomic mass is 10.1. The first-order chi connectivity index (χ1) is 15.6. The normalized spacial score (nSPS) is 13.5. The molecule has 1 amide bonds. The average Bonchev–Trinajstić information content (AvgIpc) is 2.83. The number of nitrogens with zero attached hydrogens (tertiary/aromatic N) is 2. The van der Waals surface area contributed by atoms with Gasteiger partial charge in [0.25, 0.3) is 5.91 Å². The van der Waals surface area contributed by atoms with E-state index in [0.717, 1.165) is 5.56 Å². The number of nitrogens with one attached hydrogen (secondary N) is 1. The summed E-state index contributed by atoms with van der Waals surface area (Å²) < 4.78 is 7.29. The number of morpholine rings is 1. The summed E-state index contributed by atoms with van der Waals surface area (Å²) in [5.74, 6) is 4.95. The Kier molecular flexibility index (Phi) is 6.76. The van der Waals surface area contributed by atoms with E-state index in [9.17, 15) is 9.59 Å². The van der Waals surface area contributed by atoms with Gasteiger partial charge in [0.1, 0.15) is 12.2 Å². The summed E-state index contributed by atoms with van der Waals surface area (Å²) in [7, 11) is 0. The van der Waals surface area contributed by atoms with Crippen LogP contribution in [0.1, 0.15) is 21.5 Å². The number of hydrogen-bond acceptors (Lipinski definition) is 5. The SMILES string of the molecule is O=C(NCc1ccc(Cl)cc1)c1cn(N2CCOCC2)c2ccc(C#CCO)cc2c1=O. The summed E-state index contributed by atoms with van der Waals surface area (Å²) in [5, 5.41) is 14.8. The first-order valence-corrected chi connectivity index (χ1v) is 10.6. The second kappa shape index (κ2) is 9.88. The van der Waals surface area contributed by atoms with E-state index in [2.05, 4.69) is 17.2 Å².